The molecule has 0 aliphatic heterocycles. The molecule has 18 heavy (non-hydrogen) atoms. The Balaban J connectivity index is 2.19. The summed E-state index contributed by atoms with van der Waals surface area (Å²) in [4.78, 5) is 7.25. The van der Waals surface area contributed by atoms with Gasteiger partial charge in [-0.15, -0.1) is 0 Å². The lowest BCUT2D eigenvalue weighted by molar-refractivity contribution is 0.628. The maximum atomic E-state index is 13.1. The van der Waals surface area contributed by atoms with Gasteiger partial charge in [0.25, 0.3) is 0 Å². The van der Waals surface area contributed by atoms with Gasteiger partial charge in [-0.1, -0.05) is 0 Å². The van der Waals surface area contributed by atoms with E-state index in [0.717, 1.165) is 0 Å². The fourth-order valence-corrected chi connectivity index (χ4v) is 1.86. The van der Waals surface area contributed by atoms with E-state index >= 15 is 0 Å². The van der Waals surface area contributed by atoms with Crippen LogP contribution in [0.1, 0.15) is 0 Å². The number of rotatable bonds is 1. The summed E-state index contributed by atoms with van der Waals surface area (Å²) in [6.07, 6.45) is 0. The largest absolute Gasteiger partial charge is 0.398 e. The van der Waals surface area contributed by atoms with Gasteiger partial charge in [0.1, 0.15) is 17.5 Å². The number of imidazole rings is 1. The van der Waals surface area contributed by atoms with Crippen LogP contribution in [0.5, 0.6) is 0 Å². The zero-order valence-corrected chi connectivity index (χ0v) is 9.24. The first kappa shape index (κ1) is 10.7. The van der Waals surface area contributed by atoms with Gasteiger partial charge in [0.15, 0.2) is 0 Å². The van der Waals surface area contributed by atoms with E-state index in [1.807, 2.05) is 0 Å². The van der Waals surface area contributed by atoms with Gasteiger partial charge in [0.2, 0.25) is 0 Å². The van der Waals surface area contributed by atoms with Gasteiger partial charge in [-0.25, -0.2) is 13.8 Å². The maximum absolute atomic E-state index is 13.1. The van der Waals surface area contributed by atoms with Crippen molar-refractivity contribution in [3.63, 3.8) is 0 Å². The summed E-state index contributed by atoms with van der Waals surface area (Å²) in [5.74, 6) is -0.253. The SMILES string of the molecule is Nc1cc(F)ccc1-c1nc2ccc(F)cc2[nH]1. The maximum Gasteiger partial charge on any atom is 0.140 e. The highest BCUT2D eigenvalue weighted by atomic mass is 19.1. The van der Waals surface area contributed by atoms with Crippen molar-refractivity contribution in [1.29, 1.82) is 0 Å². The summed E-state index contributed by atoms with van der Waals surface area (Å²) >= 11 is 0. The molecule has 3 N–H and O–H groups in total. The number of hydrogen-bond donors (Lipinski definition) is 2. The van der Waals surface area contributed by atoms with E-state index < -0.39 is 5.82 Å². The molecule has 0 saturated carbocycles. The highest BCUT2D eigenvalue weighted by Gasteiger charge is 2.09. The number of halogens is 2. The molecule has 0 unspecified atom stereocenters. The Labute approximate surface area is 101 Å². The molecule has 0 saturated heterocycles. The predicted molar refractivity (Wildman–Crippen MR) is 65.9 cm³/mol. The first-order valence-corrected chi connectivity index (χ1v) is 5.34. The quantitative estimate of drug-likeness (QED) is 0.647. The minimum absolute atomic E-state index is 0.287. The molecular formula is C13H9F2N3. The molecule has 5 heteroatoms. The van der Waals surface area contributed by atoms with E-state index in [4.69, 9.17) is 5.73 Å². The monoisotopic (exact) mass is 245 g/mol. The average Bonchev–Trinajstić information content (AvgIpc) is 2.71. The van der Waals surface area contributed by atoms with Crippen molar-refractivity contribution in [1.82, 2.24) is 9.97 Å². The molecule has 0 bridgehead atoms. The van der Waals surface area contributed by atoms with Gasteiger partial charge in [-0.2, -0.15) is 0 Å². The molecule has 0 amide bonds. The molecule has 2 aromatic carbocycles. The second-order valence-corrected chi connectivity index (χ2v) is 3.98. The Kier molecular flexibility index (Phi) is 2.26. The molecule has 0 aliphatic carbocycles. The molecule has 1 aromatic heterocycles. The molecule has 90 valence electrons. The van der Waals surface area contributed by atoms with Crippen molar-refractivity contribution in [2.45, 2.75) is 0 Å². The summed E-state index contributed by atoms with van der Waals surface area (Å²) in [5, 5.41) is 0. The third-order valence-electron chi connectivity index (χ3n) is 2.71. The minimum Gasteiger partial charge on any atom is -0.398 e. The normalized spacial score (nSPS) is 11.0. The Bertz CT molecular complexity index is 734. The number of nitrogens with two attached hydrogens (primary N) is 1. The second kappa shape index (κ2) is 3.80. The molecule has 3 rings (SSSR count). The van der Waals surface area contributed by atoms with Crippen LogP contribution in [0.25, 0.3) is 22.4 Å². The standard InChI is InChI=1S/C13H9F2N3/c14-7-1-3-9(10(16)5-7)13-17-11-4-2-8(15)6-12(11)18-13/h1-6H,16H2,(H,17,18). The van der Waals surface area contributed by atoms with Gasteiger partial charge in [0, 0.05) is 11.3 Å². The summed E-state index contributed by atoms with van der Waals surface area (Å²) in [5.41, 5.74) is 7.82. The van der Waals surface area contributed by atoms with Crippen molar-refractivity contribution in [2.24, 2.45) is 0 Å². The smallest absolute Gasteiger partial charge is 0.140 e. The lowest BCUT2D eigenvalue weighted by Gasteiger charge is -2.01. The molecule has 0 atom stereocenters. The number of benzene rings is 2. The van der Waals surface area contributed by atoms with Gasteiger partial charge in [0.05, 0.1) is 11.0 Å². The van der Waals surface area contributed by atoms with Crippen molar-refractivity contribution in [3.05, 3.63) is 48.0 Å². The number of nitrogen functional groups attached to an aromatic ring is 1. The first-order valence-electron chi connectivity index (χ1n) is 5.34. The number of fused-ring (bicyclic) bond motifs is 1. The molecule has 1 heterocycles. The number of aromatic amines is 1. The summed E-state index contributed by atoms with van der Waals surface area (Å²) in [6, 6.07) is 8.33. The number of aromatic nitrogens is 2. The number of H-pyrrole nitrogens is 1. The van der Waals surface area contributed by atoms with Crippen LogP contribution in [-0.2, 0) is 0 Å². The van der Waals surface area contributed by atoms with Crippen LogP contribution < -0.4 is 5.73 Å². The number of hydrogen-bond acceptors (Lipinski definition) is 2. The van der Waals surface area contributed by atoms with Crippen LogP contribution in [0, 0.1) is 11.6 Å². The first-order chi connectivity index (χ1) is 8.63. The molecule has 0 aliphatic rings. The third kappa shape index (κ3) is 1.69. The van der Waals surface area contributed by atoms with Crippen molar-refractivity contribution in [3.8, 4) is 11.4 Å². The van der Waals surface area contributed by atoms with Gasteiger partial charge < -0.3 is 10.7 Å². The van der Waals surface area contributed by atoms with E-state index in [-0.39, 0.29) is 11.5 Å². The van der Waals surface area contributed by atoms with Crippen LogP contribution in [0.4, 0.5) is 14.5 Å². The second-order valence-electron chi connectivity index (χ2n) is 3.98. The van der Waals surface area contributed by atoms with Gasteiger partial charge in [-0.05, 0) is 36.4 Å². The molecule has 0 fully saturated rings. The fourth-order valence-electron chi connectivity index (χ4n) is 1.86. The number of nitrogens with zero attached hydrogens (tertiary/aromatic N) is 1. The molecule has 3 nitrogen and oxygen atoms in total. The van der Waals surface area contributed by atoms with Gasteiger partial charge in [-0.3, -0.25) is 0 Å². The minimum atomic E-state index is -0.404. The Hall–Kier alpha value is -2.43. The highest BCUT2D eigenvalue weighted by molar-refractivity contribution is 5.82. The van der Waals surface area contributed by atoms with Gasteiger partial charge >= 0.3 is 0 Å². The summed E-state index contributed by atoms with van der Waals surface area (Å²) in [7, 11) is 0. The summed E-state index contributed by atoms with van der Waals surface area (Å²) < 4.78 is 26.0. The van der Waals surface area contributed by atoms with Crippen LogP contribution in [0.2, 0.25) is 0 Å². The Morgan fingerprint density at radius 3 is 2.50 bits per heavy atom. The molecule has 0 radical (unpaired) electrons. The lowest BCUT2D eigenvalue weighted by atomic mass is 10.1. The molecule has 0 spiro atoms. The van der Waals surface area contributed by atoms with Crippen molar-refractivity contribution < 1.29 is 8.78 Å². The van der Waals surface area contributed by atoms with E-state index in [2.05, 4.69) is 9.97 Å². The number of anilines is 1. The van der Waals surface area contributed by atoms with Crippen molar-refractivity contribution >= 4 is 16.7 Å². The highest BCUT2D eigenvalue weighted by Crippen LogP contribution is 2.26. The fraction of sp³-hybridized carbons (Fsp3) is 0. The number of nitrogens with one attached hydrogen (secondary N) is 1. The van der Waals surface area contributed by atoms with Crippen LogP contribution in [-0.4, -0.2) is 9.97 Å². The van der Waals surface area contributed by atoms with Crippen LogP contribution in [0.3, 0.4) is 0 Å². The van der Waals surface area contributed by atoms with Crippen molar-refractivity contribution in [2.75, 3.05) is 5.73 Å². The Morgan fingerprint density at radius 2 is 1.72 bits per heavy atom. The average molecular weight is 245 g/mol. The zero-order valence-electron chi connectivity index (χ0n) is 9.24. The predicted octanol–water partition coefficient (Wildman–Crippen LogP) is 3.09. The van der Waals surface area contributed by atoms with Crippen LogP contribution in [0.15, 0.2) is 36.4 Å². The Morgan fingerprint density at radius 1 is 1.00 bits per heavy atom. The third-order valence-corrected chi connectivity index (χ3v) is 2.71. The zero-order chi connectivity index (χ0) is 12.7. The molecular weight excluding hydrogens is 236 g/mol. The van der Waals surface area contributed by atoms with E-state index in [0.29, 0.717) is 22.4 Å². The van der Waals surface area contributed by atoms with E-state index in [1.54, 1.807) is 12.1 Å². The van der Waals surface area contributed by atoms with E-state index in [1.165, 1.54) is 24.3 Å². The summed E-state index contributed by atoms with van der Waals surface area (Å²) in [6.45, 7) is 0. The lowest BCUT2D eigenvalue weighted by Crippen LogP contribution is -1.92. The topological polar surface area (TPSA) is 54.7 Å². The van der Waals surface area contributed by atoms with E-state index in [9.17, 15) is 8.78 Å². The van der Waals surface area contributed by atoms with Crippen LogP contribution >= 0.6 is 0 Å². The molecule has 3 aromatic rings.